The van der Waals surface area contributed by atoms with E-state index in [4.69, 9.17) is 45.4 Å². The van der Waals surface area contributed by atoms with Crippen LogP contribution < -0.4 is 16.0 Å². The average molecular weight is 332 g/mol. The fourth-order valence-corrected chi connectivity index (χ4v) is 2.56. The molecule has 0 saturated carbocycles. The van der Waals surface area contributed by atoms with Crippen LogP contribution >= 0.6 is 34.8 Å². The molecule has 0 bridgehead atoms. The Morgan fingerprint density at radius 2 is 1.75 bits per heavy atom. The Hall–Kier alpha value is -0.970. The highest BCUT2D eigenvalue weighted by Gasteiger charge is 2.17. The largest absolute Gasteiger partial charge is 0.495 e. The van der Waals surface area contributed by atoms with E-state index in [0.29, 0.717) is 20.8 Å². The molecule has 2 aromatic rings. The number of nitrogens with two attached hydrogens (primary N) is 1. The zero-order chi connectivity index (χ0) is 14.7. The molecule has 0 amide bonds. The number of halogens is 3. The van der Waals surface area contributed by atoms with Crippen molar-refractivity contribution in [1.82, 2.24) is 5.43 Å². The molecular formula is C14H13Cl3N2O. The summed E-state index contributed by atoms with van der Waals surface area (Å²) < 4.78 is 5.21. The van der Waals surface area contributed by atoms with Crippen LogP contribution in [-0.4, -0.2) is 7.11 Å². The first kappa shape index (κ1) is 15.4. The predicted molar refractivity (Wildman–Crippen MR) is 83.6 cm³/mol. The van der Waals surface area contributed by atoms with Crippen LogP contribution in [0, 0.1) is 0 Å². The Morgan fingerprint density at radius 3 is 2.40 bits per heavy atom. The Morgan fingerprint density at radius 1 is 1.05 bits per heavy atom. The van der Waals surface area contributed by atoms with Crippen molar-refractivity contribution in [2.75, 3.05) is 7.11 Å². The SMILES string of the molecule is COc1cc(C(NN)c2cc(Cl)ccc2Cl)ccc1Cl. The Balaban J connectivity index is 2.49. The third-order valence-corrected chi connectivity index (χ3v) is 3.84. The number of benzene rings is 2. The third kappa shape index (κ3) is 3.19. The number of nitrogens with one attached hydrogen (secondary N) is 1. The number of ether oxygens (including phenoxy) is 1. The molecule has 3 N–H and O–H groups in total. The van der Waals surface area contributed by atoms with Crippen molar-refractivity contribution in [3.05, 3.63) is 62.6 Å². The van der Waals surface area contributed by atoms with Gasteiger partial charge in [-0.15, -0.1) is 0 Å². The lowest BCUT2D eigenvalue weighted by Crippen LogP contribution is -2.29. The molecule has 2 rings (SSSR count). The van der Waals surface area contributed by atoms with Crippen LogP contribution in [0.15, 0.2) is 36.4 Å². The zero-order valence-electron chi connectivity index (χ0n) is 10.7. The van der Waals surface area contributed by atoms with Gasteiger partial charge in [-0.25, -0.2) is 5.43 Å². The van der Waals surface area contributed by atoms with Crippen molar-refractivity contribution >= 4 is 34.8 Å². The molecule has 20 heavy (non-hydrogen) atoms. The van der Waals surface area contributed by atoms with Gasteiger partial charge in [-0.2, -0.15) is 0 Å². The van der Waals surface area contributed by atoms with Gasteiger partial charge in [0.2, 0.25) is 0 Å². The maximum atomic E-state index is 6.21. The van der Waals surface area contributed by atoms with E-state index >= 15 is 0 Å². The number of hydrogen-bond donors (Lipinski definition) is 2. The normalized spacial score (nSPS) is 12.2. The lowest BCUT2D eigenvalue weighted by Gasteiger charge is -2.19. The van der Waals surface area contributed by atoms with E-state index in [2.05, 4.69) is 5.43 Å². The number of hydrazine groups is 1. The highest BCUT2D eigenvalue weighted by atomic mass is 35.5. The number of methoxy groups -OCH3 is 1. The summed E-state index contributed by atoms with van der Waals surface area (Å²) in [5.74, 6) is 6.23. The molecule has 6 heteroatoms. The zero-order valence-corrected chi connectivity index (χ0v) is 12.9. The van der Waals surface area contributed by atoms with E-state index in [0.717, 1.165) is 11.1 Å². The van der Waals surface area contributed by atoms with E-state index in [-0.39, 0.29) is 6.04 Å². The molecule has 1 atom stereocenters. The first-order valence-electron chi connectivity index (χ1n) is 5.81. The highest BCUT2D eigenvalue weighted by molar-refractivity contribution is 6.33. The minimum Gasteiger partial charge on any atom is -0.495 e. The minimum absolute atomic E-state index is 0.313. The van der Waals surface area contributed by atoms with Crippen LogP contribution in [0.5, 0.6) is 5.75 Å². The van der Waals surface area contributed by atoms with Crippen LogP contribution in [0.3, 0.4) is 0 Å². The van der Waals surface area contributed by atoms with Crippen LogP contribution in [0.2, 0.25) is 15.1 Å². The average Bonchev–Trinajstić information content (AvgIpc) is 2.45. The van der Waals surface area contributed by atoms with Gasteiger partial charge in [0, 0.05) is 10.0 Å². The summed E-state index contributed by atoms with van der Waals surface area (Å²) in [6.45, 7) is 0. The molecule has 0 aliphatic rings. The molecule has 0 heterocycles. The number of hydrogen-bond acceptors (Lipinski definition) is 3. The van der Waals surface area contributed by atoms with Crippen molar-refractivity contribution < 1.29 is 4.74 Å². The van der Waals surface area contributed by atoms with Gasteiger partial charge < -0.3 is 4.74 Å². The molecule has 0 aliphatic carbocycles. The summed E-state index contributed by atoms with van der Waals surface area (Å²) in [5, 5.41) is 1.70. The first-order valence-corrected chi connectivity index (χ1v) is 6.94. The molecule has 0 radical (unpaired) electrons. The Labute approximate surface area is 132 Å². The van der Waals surface area contributed by atoms with E-state index < -0.39 is 0 Å². The lowest BCUT2D eigenvalue weighted by molar-refractivity contribution is 0.414. The summed E-state index contributed by atoms with van der Waals surface area (Å²) >= 11 is 18.3. The van der Waals surface area contributed by atoms with Crippen molar-refractivity contribution in [3.8, 4) is 5.75 Å². The molecule has 0 aromatic heterocycles. The highest BCUT2D eigenvalue weighted by Crippen LogP contribution is 2.33. The van der Waals surface area contributed by atoms with Gasteiger partial charge in [0.15, 0.2) is 0 Å². The van der Waals surface area contributed by atoms with Crippen molar-refractivity contribution in [1.29, 1.82) is 0 Å². The van der Waals surface area contributed by atoms with Gasteiger partial charge in [0.25, 0.3) is 0 Å². The van der Waals surface area contributed by atoms with Gasteiger partial charge in [-0.3, -0.25) is 5.84 Å². The van der Waals surface area contributed by atoms with Crippen molar-refractivity contribution in [2.24, 2.45) is 5.84 Å². The summed E-state index contributed by atoms with van der Waals surface area (Å²) in [7, 11) is 1.56. The Bertz CT molecular complexity index is 619. The summed E-state index contributed by atoms with van der Waals surface area (Å²) in [4.78, 5) is 0. The van der Waals surface area contributed by atoms with Gasteiger partial charge in [0.1, 0.15) is 5.75 Å². The van der Waals surface area contributed by atoms with Crippen LogP contribution in [0.25, 0.3) is 0 Å². The molecule has 3 nitrogen and oxygen atoms in total. The minimum atomic E-state index is -0.313. The van der Waals surface area contributed by atoms with Gasteiger partial charge in [-0.05, 0) is 41.5 Å². The molecule has 106 valence electrons. The summed E-state index contributed by atoms with van der Waals surface area (Å²) in [6.07, 6.45) is 0. The maximum absolute atomic E-state index is 6.21. The molecule has 0 fully saturated rings. The molecule has 1 unspecified atom stereocenters. The van der Waals surface area contributed by atoms with E-state index in [1.54, 1.807) is 31.4 Å². The van der Waals surface area contributed by atoms with Gasteiger partial charge in [-0.1, -0.05) is 40.9 Å². The molecule has 0 saturated heterocycles. The molecule has 0 spiro atoms. The van der Waals surface area contributed by atoms with Gasteiger partial charge >= 0.3 is 0 Å². The van der Waals surface area contributed by atoms with Gasteiger partial charge in [0.05, 0.1) is 18.2 Å². The first-order chi connectivity index (χ1) is 9.56. The van der Waals surface area contributed by atoms with E-state index in [9.17, 15) is 0 Å². The topological polar surface area (TPSA) is 47.3 Å². The molecule has 0 aliphatic heterocycles. The second-order valence-electron chi connectivity index (χ2n) is 4.16. The van der Waals surface area contributed by atoms with Crippen molar-refractivity contribution in [3.63, 3.8) is 0 Å². The fraction of sp³-hybridized carbons (Fsp3) is 0.143. The molecular weight excluding hydrogens is 319 g/mol. The lowest BCUT2D eigenvalue weighted by atomic mass is 9.99. The van der Waals surface area contributed by atoms with Crippen molar-refractivity contribution in [2.45, 2.75) is 6.04 Å². The fourth-order valence-electron chi connectivity index (χ4n) is 1.96. The summed E-state index contributed by atoms with van der Waals surface area (Å²) in [5.41, 5.74) is 4.39. The third-order valence-electron chi connectivity index (χ3n) is 2.94. The van der Waals surface area contributed by atoms with E-state index in [1.165, 1.54) is 0 Å². The second-order valence-corrected chi connectivity index (χ2v) is 5.41. The molecule has 2 aromatic carbocycles. The van der Waals surface area contributed by atoms with E-state index in [1.807, 2.05) is 12.1 Å². The number of rotatable bonds is 4. The monoisotopic (exact) mass is 330 g/mol. The Kier molecular flexibility index (Phi) is 5.13. The predicted octanol–water partition coefficient (Wildman–Crippen LogP) is 4.21. The second kappa shape index (κ2) is 6.66. The maximum Gasteiger partial charge on any atom is 0.137 e. The standard InChI is InChI=1S/C14H13Cl3N2O/c1-20-13-6-8(2-4-12(13)17)14(19-18)10-7-9(15)3-5-11(10)16/h2-7,14,19H,18H2,1H3. The van der Waals surface area contributed by atoms with Crippen LogP contribution in [-0.2, 0) is 0 Å². The van der Waals surface area contributed by atoms with Crippen LogP contribution in [0.4, 0.5) is 0 Å². The quantitative estimate of drug-likeness (QED) is 0.652. The van der Waals surface area contributed by atoms with Crippen LogP contribution in [0.1, 0.15) is 17.2 Å². The smallest absolute Gasteiger partial charge is 0.137 e. The summed E-state index contributed by atoms with van der Waals surface area (Å²) in [6, 6.07) is 10.3.